The number of nitrogen functional groups attached to an aromatic ring is 1. The van der Waals surface area contributed by atoms with Crippen LogP contribution in [0.5, 0.6) is 0 Å². The van der Waals surface area contributed by atoms with E-state index in [0.29, 0.717) is 5.69 Å². The Labute approximate surface area is 76.9 Å². The summed E-state index contributed by atoms with van der Waals surface area (Å²) in [5.74, 6) is 0. The van der Waals surface area contributed by atoms with Gasteiger partial charge < -0.3 is 5.73 Å². The van der Waals surface area contributed by atoms with Crippen molar-refractivity contribution >= 4 is 17.3 Å². The maximum atomic E-state index is 5.73. The minimum absolute atomic E-state index is 0.0380. The molecule has 0 fully saturated rings. The SMILES string of the molecule is CC(C)(C)c1cnnc(Cl)c1N. The van der Waals surface area contributed by atoms with Gasteiger partial charge in [0.2, 0.25) is 0 Å². The van der Waals surface area contributed by atoms with Crippen molar-refractivity contribution in [1.82, 2.24) is 10.2 Å². The average Bonchev–Trinajstić information content (AvgIpc) is 1.92. The molecule has 0 unspecified atom stereocenters. The first-order valence-corrected chi connectivity index (χ1v) is 4.08. The van der Waals surface area contributed by atoms with Gasteiger partial charge in [0.25, 0.3) is 0 Å². The van der Waals surface area contributed by atoms with Crippen LogP contribution in [0.1, 0.15) is 26.3 Å². The smallest absolute Gasteiger partial charge is 0.174 e. The summed E-state index contributed by atoms with van der Waals surface area (Å²) in [5, 5.41) is 7.67. The van der Waals surface area contributed by atoms with Crippen molar-refractivity contribution in [2.24, 2.45) is 0 Å². The van der Waals surface area contributed by atoms with Crippen molar-refractivity contribution in [1.29, 1.82) is 0 Å². The lowest BCUT2D eigenvalue weighted by atomic mass is 9.88. The molecule has 4 heteroatoms. The van der Waals surface area contributed by atoms with Gasteiger partial charge in [0.1, 0.15) is 0 Å². The lowest BCUT2D eigenvalue weighted by molar-refractivity contribution is 0.587. The number of nitrogens with zero attached hydrogens (tertiary/aromatic N) is 2. The lowest BCUT2D eigenvalue weighted by Gasteiger charge is -2.20. The number of nitrogens with two attached hydrogens (primary N) is 1. The van der Waals surface area contributed by atoms with Crippen LogP contribution in [-0.4, -0.2) is 10.2 Å². The van der Waals surface area contributed by atoms with E-state index in [4.69, 9.17) is 17.3 Å². The van der Waals surface area contributed by atoms with E-state index >= 15 is 0 Å². The largest absolute Gasteiger partial charge is 0.396 e. The van der Waals surface area contributed by atoms with Gasteiger partial charge in [0.15, 0.2) is 5.15 Å². The molecule has 1 heterocycles. The van der Waals surface area contributed by atoms with Crippen LogP contribution < -0.4 is 5.73 Å². The summed E-state index contributed by atoms with van der Waals surface area (Å²) in [6, 6.07) is 0. The predicted molar refractivity (Wildman–Crippen MR) is 50.2 cm³/mol. The summed E-state index contributed by atoms with van der Waals surface area (Å²) in [5.41, 5.74) is 7.16. The zero-order valence-electron chi connectivity index (χ0n) is 7.43. The Hall–Kier alpha value is -0.830. The summed E-state index contributed by atoms with van der Waals surface area (Å²) in [4.78, 5) is 0. The minimum atomic E-state index is -0.0380. The van der Waals surface area contributed by atoms with E-state index in [-0.39, 0.29) is 10.6 Å². The number of halogens is 1. The second kappa shape index (κ2) is 2.90. The molecule has 0 aliphatic carbocycles. The van der Waals surface area contributed by atoms with Gasteiger partial charge in [-0.2, -0.15) is 5.10 Å². The fourth-order valence-electron chi connectivity index (χ4n) is 0.969. The summed E-state index contributed by atoms with van der Waals surface area (Å²) >= 11 is 5.72. The molecule has 0 radical (unpaired) electrons. The van der Waals surface area contributed by atoms with E-state index in [0.717, 1.165) is 5.56 Å². The van der Waals surface area contributed by atoms with Crippen molar-refractivity contribution in [2.45, 2.75) is 26.2 Å². The highest BCUT2D eigenvalue weighted by Gasteiger charge is 2.19. The van der Waals surface area contributed by atoms with Crippen molar-refractivity contribution in [3.8, 4) is 0 Å². The highest BCUT2D eigenvalue weighted by molar-refractivity contribution is 6.31. The summed E-state index contributed by atoms with van der Waals surface area (Å²) in [6.07, 6.45) is 1.65. The number of aromatic nitrogens is 2. The van der Waals surface area contributed by atoms with Gasteiger partial charge in [-0.15, -0.1) is 5.10 Å². The molecule has 0 spiro atoms. The molecule has 66 valence electrons. The predicted octanol–water partition coefficient (Wildman–Crippen LogP) is 2.01. The van der Waals surface area contributed by atoms with Crippen LogP contribution in [0.4, 0.5) is 5.69 Å². The van der Waals surface area contributed by atoms with Crippen LogP contribution in [0.3, 0.4) is 0 Å². The Bertz CT molecular complexity index is 291. The molecule has 0 atom stereocenters. The van der Waals surface area contributed by atoms with E-state index in [1.54, 1.807) is 6.20 Å². The van der Waals surface area contributed by atoms with Crippen molar-refractivity contribution in [2.75, 3.05) is 5.73 Å². The van der Waals surface area contributed by atoms with E-state index < -0.39 is 0 Å². The van der Waals surface area contributed by atoms with Gasteiger partial charge >= 0.3 is 0 Å². The Morgan fingerprint density at radius 2 is 2.00 bits per heavy atom. The van der Waals surface area contributed by atoms with Gasteiger partial charge in [-0.25, -0.2) is 0 Å². The van der Waals surface area contributed by atoms with Crippen LogP contribution >= 0.6 is 11.6 Å². The van der Waals surface area contributed by atoms with E-state index in [2.05, 4.69) is 31.0 Å². The Morgan fingerprint density at radius 3 is 2.42 bits per heavy atom. The van der Waals surface area contributed by atoms with Crippen LogP contribution in [-0.2, 0) is 5.41 Å². The molecule has 0 aromatic carbocycles. The number of anilines is 1. The molecule has 0 saturated heterocycles. The Balaban J connectivity index is 3.26. The molecule has 12 heavy (non-hydrogen) atoms. The number of rotatable bonds is 0. The van der Waals surface area contributed by atoms with Gasteiger partial charge in [-0.3, -0.25) is 0 Å². The van der Waals surface area contributed by atoms with Crippen LogP contribution in [0.2, 0.25) is 5.15 Å². The monoisotopic (exact) mass is 185 g/mol. The normalized spacial score (nSPS) is 11.7. The third-order valence-electron chi connectivity index (χ3n) is 1.65. The molecule has 0 amide bonds. The topological polar surface area (TPSA) is 51.8 Å². The fourth-order valence-corrected chi connectivity index (χ4v) is 1.11. The molecular formula is C8H12ClN3. The molecule has 1 rings (SSSR count). The Kier molecular flexibility index (Phi) is 2.24. The lowest BCUT2D eigenvalue weighted by Crippen LogP contribution is -2.15. The zero-order chi connectivity index (χ0) is 9.35. The van der Waals surface area contributed by atoms with Crippen LogP contribution in [0.15, 0.2) is 6.20 Å². The first kappa shape index (κ1) is 9.26. The summed E-state index contributed by atoms with van der Waals surface area (Å²) < 4.78 is 0. The molecule has 1 aromatic rings. The quantitative estimate of drug-likeness (QED) is 0.673. The van der Waals surface area contributed by atoms with E-state index in [1.165, 1.54) is 0 Å². The fraction of sp³-hybridized carbons (Fsp3) is 0.500. The molecule has 0 aliphatic rings. The van der Waals surface area contributed by atoms with Crippen molar-refractivity contribution in [3.05, 3.63) is 16.9 Å². The van der Waals surface area contributed by atoms with Crippen molar-refractivity contribution < 1.29 is 0 Å². The zero-order valence-corrected chi connectivity index (χ0v) is 8.18. The molecule has 1 aromatic heterocycles. The third kappa shape index (κ3) is 1.67. The number of hydrogen-bond acceptors (Lipinski definition) is 3. The molecule has 0 saturated carbocycles. The van der Waals surface area contributed by atoms with Gasteiger partial charge in [-0.05, 0) is 5.41 Å². The average molecular weight is 186 g/mol. The van der Waals surface area contributed by atoms with E-state index in [1.807, 2.05) is 0 Å². The van der Waals surface area contributed by atoms with E-state index in [9.17, 15) is 0 Å². The maximum Gasteiger partial charge on any atom is 0.174 e. The second-order valence-electron chi connectivity index (χ2n) is 3.71. The van der Waals surface area contributed by atoms with Gasteiger partial charge in [0.05, 0.1) is 11.9 Å². The van der Waals surface area contributed by atoms with Crippen LogP contribution in [0.25, 0.3) is 0 Å². The van der Waals surface area contributed by atoms with Gasteiger partial charge in [0, 0.05) is 5.56 Å². The molecular weight excluding hydrogens is 174 g/mol. The third-order valence-corrected chi connectivity index (χ3v) is 1.93. The maximum absolute atomic E-state index is 5.73. The second-order valence-corrected chi connectivity index (χ2v) is 4.07. The molecule has 3 nitrogen and oxygen atoms in total. The highest BCUT2D eigenvalue weighted by atomic mass is 35.5. The summed E-state index contributed by atoms with van der Waals surface area (Å²) in [6.45, 7) is 6.16. The molecule has 0 bridgehead atoms. The van der Waals surface area contributed by atoms with Crippen LogP contribution in [0, 0.1) is 0 Å². The Morgan fingerprint density at radius 1 is 1.42 bits per heavy atom. The first-order valence-electron chi connectivity index (χ1n) is 3.70. The molecule has 2 N–H and O–H groups in total. The first-order chi connectivity index (χ1) is 5.43. The molecule has 0 aliphatic heterocycles. The minimum Gasteiger partial charge on any atom is -0.396 e. The standard InChI is InChI=1S/C8H12ClN3/c1-8(2,3)5-4-11-12-7(9)6(5)10/h4H,1-3H3,(H2,10,11). The summed E-state index contributed by atoms with van der Waals surface area (Å²) in [7, 11) is 0. The van der Waals surface area contributed by atoms with Gasteiger partial charge in [-0.1, -0.05) is 32.4 Å². The highest BCUT2D eigenvalue weighted by Crippen LogP contribution is 2.29. The van der Waals surface area contributed by atoms with Crippen molar-refractivity contribution in [3.63, 3.8) is 0 Å². The number of hydrogen-bond donors (Lipinski definition) is 1.